The minimum absolute atomic E-state index is 0.132. The van der Waals surface area contributed by atoms with Crippen LogP contribution in [-0.4, -0.2) is 4.98 Å². The average molecular weight is 210 g/mol. The van der Waals surface area contributed by atoms with E-state index in [0.717, 1.165) is 23.5 Å². The molecule has 1 fully saturated rings. The lowest BCUT2D eigenvalue weighted by atomic mass is 9.60. The van der Waals surface area contributed by atoms with Crippen molar-refractivity contribution >= 4 is 11.3 Å². The normalized spacial score (nSPS) is 23.2. The Balaban J connectivity index is 2.25. The van der Waals surface area contributed by atoms with Crippen LogP contribution in [0.25, 0.3) is 0 Å². The van der Waals surface area contributed by atoms with Crippen molar-refractivity contribution in [2.45, 2.75) is 46.1 Å². The third kappa shape index (κ3) is 1.48. The zero-order valence-corrected chi connectivity index (χ0v) is 10.2. The van der Waals surface area contributed by atoms with Crippen LogP contribution >= 0.6 is 11.3 Å². The largest absolute Gasteiger partial charge is 0.319 e. The minimum atomic E-state index is -0.132. The Morgan fingerprint density at radius 3 is 2.21 bits per heavy atom. The zero-order valence-electron chi connectivity index (χ0n) is 9.35. The lowest BCUT2D eigenvalue weighted by Crippen LogP contribution is -2.53. The first-order valence-electron chi connectivity index (χ1n) is 5.06. The van der Waals surface area contributed by atoms with Crippen LogP contribution < -0.4 is 5.73 Å². The fourth-order valence-electron chi connectivity index (χ4n) is 2.49. The number of nitrogens with two attached hydrogens (primary N) is 1. The van der Waals surface area contributed by atoms with E-state index < -0.39 is 0 Å². The van der Waals surface area contributed by atoms with Gasteiger partial charge in [-0.3, -0.25) is 0 Å². The van der Waals surface area contributed by atoms with Crippen molar-refractivity contribution in [3.8, 4) is 0 Å². The van der Waals surface area contributed by atoms with Crippen LogP contribution in [-0.2, 0) is 5.54 Å². The summed E-state index contributed by atoms with van der Waals surface area (Å²) in [7, 11) is 0. The van der Waals surface area contributed by atoms with Gasteiger partial charge in [0.25, 0.3) is 0 Å². The maximum Gasteiger partial charge on any atom is 0.113 e. The van der Waals surface area contributed by atoms with Gasteiger partial charge in [0.1, 0.15) is 5.01 Å². The van der Waals surface area contributed by atoms with Gasteiger partial charge in [-0.15, -0.1) is 11.3 Å². The van der Waals surface area contributed by atoms with E-state index in [1.54, 1.807) is 11.3 Å². The molecule has 1 heterocycles. The Morgan fingerprint density at radius 2 is 1.86 bits per heavy atom. The molecule has 0 aliphatic heterocycles. The van der Waals surface area contributed by atoms with E-state index in [1.807, 2.05) is 0 Å². The highest BCUT2D eigenvalue weighted by atomic mass is 32.1. The average Bonchev–Trinajstić information content (AvgIpc) is 2.28. The lowest BCUT2D eigenvalue weighted by molar-refractivity contribution is 0.0615. The molecule has 2 N–H and O–H groups in total. The van der Waals surface area contributed by atoms with E-state index in [1.165, 1.54) is 4.88 Å². The van der Waals surface area contributed by atoms with Crippen molar-refractivity contribution in [1.82, 2.24) is 4.98 Å². The zero-order chi connectivity index (χ0) is 10.6. The number of thiazole rings is 1. The molecule has 1 aromatic rings. The standard InChI is InChI=1S/C11H18N2S/c1-7-8(2)14-9(13-7)11(12)5-10(3,4)6-11/h5-6,12H2,1-4H3. The Bertz CT molecular complexity index is 338. The van der Waals surface area contributed by atoms with Crippen LogP contribution in [0.15, 0.2) is 0 Å². The number of aromatic nitrogens is 1. The molecule has 0 bridgehead atoms. The second-order valence-electron chi connectivity index (χ2n) is 5.33. The summed E-state index contributed by atoms with van der Waals surface area (Å²) in [4.78, 5) is 5.86. The maximum atomic E-state index is 6.33. The molecule has 1 aliphatic rings. The smallest absolute Gasteiger partial charge is 0.113 e. The number of hydrogen-bond acceptors (Lipinski definition) is 3. The van der Waals surface area contributed by atoms with Gasteiger partial charge in [0, 0.05) is 4.88 Å². The Labute approximate surface area is 89.5 Å². The molecule has 0 unspecified atom stereocenters. The van der Waals surface area contributed by atoms with Gasteiger partial charge in [-0.05, 0) is 32.1 Å². The van der Waals surface area contributed by atoms with Crippen LogP contribution in [0.2, 0.25) is 0 Å². The van der Waals surface area contributed by atoms with Crippen molar-refractivity contribution in [1.29, 1.82) is 0 Å². The monoisotopic (exact) mass is 210 g/mol. The molecule has 78 valence electrons. The highest BCUT2D eigenvalue weighted by molar-refractivity contribution is 7.11. The summed E-state index contributed by atoms with van der Waals surface area (Å²) in [6.45, 7) is 8.71. The molecule has 0 spiro atoms. The molecule has 2 nitrogen and oxygen atoms in total. The SMILES string of the molecule is Cc1nc(C2(N)CC(C)(C)C2)sc1C. The molecular weight excluding hydrogens is 192 g/mol. The fourth-order valence-corrected chi connectivity index (χ4v) is 3.51. The first kappa shape index (κ1) is 10.1. The first-order valence-corrected chi connectivity index (χ1v) is 5.87. The summed E-state index contributed by atoms with van der Waals surface area (Å²) in [6.07, 6.45) is 2.12. The Kier molecular flexibility index (Phi) is 2.02. The van der Waals surface area contributed by atoms with Crippen molar-refractivity contribution in [3.05, 3.63) is 15.6 Å². The van der Waals surface area contributed by atoms with Crippen molar-refractivity contribution < 1.29 is 0 Å². The van der Waals surface area contributed by atoms with Crippen LogP contribution in [0, 0.1) is 19.3 Å². The highest BCUT2D eigenvalue weighted by Crippen LogP contribution is 2.52. The van der Waals surface area contributed by atoms with Gasteiger partial charge in [0.15, 0.2) is 0 Å². The van der Waals surface area contributed by atoms with Gasteiger partial charge < -0.3 is 5.73 Å². The van der Waals surface area contributed by atoms with E-state index in [0.29, 0.717) is 5.41 Å². The quantitative estimate of drug-likeness (QED) is 0.774. The summed E-state index contributed by atoms with van der Waals surface area (Å²) >= 11 is 1.76. The first-order chi connectivity index (χ1) is 6.32. The van der Waals surface area contributed by atoms with E-state index in [9.17, 15) is 0 Å². The molecule has 3 heteroatoms. The second kappa shape index (κ2) is 2.80. The summed E-state index contributed by atoms with van der Waals surface area (Å²) in [5.74, 6) is 0. The Hall–Kier alpha value is -0.410. The van der Waals surface area contributed by atoms with Gasteiger partial charge in [0.05, 0.1) is 11.2 Å². The molecule has 0 saturated heterocycles. The van der Waals surface area contributed by atoms with Crippen molar-refractivity contribution in [2.75, 3.05) is 0 Å². The fraction of sp³-hybridized carbons (Fsp3) is 0.727. The summed E-state index contributed by atoms with van der Waals surface area (Å²) in [6, 6.07) is 0. The van der Waals surface area contributed by atoms with Gasteiger partial charge in [0.2, 0.25) is 0 Å². The minimum Gasteiger partial charge on any atom is -0.319 e. The van der Waals surface area contributed by atoms with Crippen LogP contribution in [0.5, 0.6) is 0 Å². The summed E-state index contributed by atoms with van der Waals surface area (Å²) < 4.78 is 0. The molecule has 0 atom stereocenters. The molecule has 14 heavy (non-hydrogen) atoms. The van der Waals surface area contributed by atoms with Crippen LogP contribution in [0.3, 0.4) is 0 Å². The van der Waals surface area contributed by atoms with Crippen molar-refractivity contribution in [3.63, 3.8) is 0 Å². The number of aryl methyl sites for hydroxylation is 2. The maximum absolute atomic E-state index is 6.33. The topological polar surface area (TPSA) is 38.9 Å². The van der Waals surface area contributed by atoms with E-state index in [-0.39, 0.29) is 5.54 Å². The van der Waals surface area contributed by atoms with E-state index >= 15 is 0 Å². The molecule has 0 aromatic carbocycles. The van der Waals surface area contributed by atoms with Crippen LogP contribution in [0.4, 0.5) is 0 Å². The lowest BCUT2D eigenvalue weighted by Gasteiger charge is -2.49. The Morgan fingerprint density at radius 1 is 1.29 bits per heavy atom. The predicted molar refractivity (Wildman–Crippen MR) is 60.5 cm³/mol. The third-order valence-electron chi connectivity index (χ3n) is 3.04. The van der Waals surface area contributed by atoms with Gasteiger partial charge in [-0.2, -0.15) is 0 Å². The van der Waals surface area contributed by atoms with Gasteiger partial charge >= 0.3 is 0 Å². The second-order valence-corrected chi connectivity index (χ2v) is 6.54. The number of nitrogens with zero attached hydrogens (tertiary/aromatic N) is 1. The molecule has 1 aliphatic carbocycles. The molecule has 1 aromatic heterocycles. The van der Waals surface area contributed by atoms with Gasteiger partial charge in [-0.1, -0.05) is 13.8 Å². The molecule has 1 saturated carbocycles. The van der Waals surface area contributed by atoms with Gasteiger partial charge in [-0.25, -0.2) is 4.98 Å². The highest BCUT2D eigenvalue weighted by Gasteiger charge is 2.49. The number of rotatable bonds is 1. The molecule has 0 radical (unpaired) electrons. The third-order valence-corrected chi connectivity index (χ3v) is 4.34. The van der Waals surface area contributed by atoms with E-state index in [2.05, 4.69) is 32.7 Å². The van der Waals surface area contributed by atoms with Crippen LogP contribution in [0.1, 0.15) is 42.3 Å². The summed E-state index contributed by atoms with van der Waals surface area (Å²) in [5.41, 5.74) is 7.74. The summed E-state index contributed by atoms with van der Waals surface area (Å²) in [5, 5.41) is 1.13. The van der Waals surface area contributed by atoms with E-state index in [4.69, 9.17) is 5.73 Å². The van der Waals surface area contributed by atoms with Crippen molar-refractivity contribution in [2.24, 2.45) is 11.1 Å². The number of hydrogen-bond donors (Lipinski definition) is 1. The molecule has 2 rings (SSSR count). The molecule has 0 amide bonds. The predicted octanol–water partition coefficient (Wildman–Crippen LogP) is 2.73. The molecular formula is C11H18N2S.